The Morgan fingerprint density at radius 1 is 0.868 bits per heavy atom. The number of ether oxygens (including phenoxy) is 3. The molecule has 222 valence electrons. The molecular weight excluding hydrogens is 490 g/mol. The van der Waals surface area contributed by atoms with Crippen molar-refractivity contribution in [1.29, 1.82) is 0 Å². The number of Topliss-reactive ketones (excluding diaryl/α,β-unsaturated/α-hetero) is 1. The molecule has 0 amide bonds. The van der Waals surface area contributed by atoms with E-state index in [2.05, 4.69) is 0 Å². The summed E-state index contributed by atoms with van der Waals surface area (Å²) in [4.78, 5) is 28.6. The van der Waals surface area contributed by atoms with Crippen LogP contribution in [0.4, 0.5) is 0 Å². The molecule has 0 spiro atoms. The number of carbonyl (C=O) groups excluding carboxylic acids is 2. The van der Waals surface area contributed by atoms with Crippen molar-refractivity contribution in [3.63, 3.8) is 0 Å². The first-order chi connectivity index (χ1) is 17.6. The summed E-state index contributed by atoms with van der Waals surface area (Å²) in [7, 11) is 3.78. The SMILES string of the molecule is CCC1OC(=O)[C@H](C)[C@@H](O[C@H]2CC(N(C)C)[C@H](O)C(C)O2)[C@H](C)[C@@H](O)[C@@H](C)C[C@@H](C)C(=O)[C@H](C)[C@@H](O)[C@H]1C. The number of hydrogen-bond donors (Lipinski definition) is 3. The Hall–Kier alpha value is -1.10. The number of likely N-dealkylation sites (N-methyl/N-ethyl adjacent to an activating group) is 1. The number of cyclic esters (lactones) is 1. The van der Waals surface area contributed by atoms with Crippen LogP contribution in [0.15, 0.2) is 0 Å². The van der Waals surface area contributed by atoms with Gasteiger partial charge < -0.3 is 34.4 Å². The van der Waals surface area contributed by atoms with E-state index in [0.717, 1.165) is 0 Å². The maximum absolute atomic E-state index is 13.5. The average Bonchev–Trinajstić information content (AvgIpc) is 2.88. The fourth-order valence-electron chi connectivity index (χ4n) is 6.27. The van der Waals surface area contributed by atoms with Gasteiger partial charge in [-0.05, 0) is 46.7 Å². The zero-order valence-corrected chi connectivity index (χ0v) is 25.0. The van der Waals surface area contributed by atoms with E-state index in [0.29, 0.717) is 19.3 Å². The van der Waals surface area contributed by atoms with Gasteiger partial charge in [0.25, 0.3) is 0 Å². The predicted octanol–water partition coefficient (Wildman–Crippen LogP) is 2.63. The molecule has 2 fully saturated rings. The van der Waals surface area contributed by atoms with Gasteiger partial charge in [-0.2, -0.15) is 0 Å². The number of esters is 1. The third-order valence-electron chi connectivity index (χ3n) is 9.12. The van der Waals surface area contributed by atoms with Crippen molar-refractivity contribution in [2.45, 2.75) is 124 Å². The lowest BCUT2D eigenvalue weighted by molar-refractivity contribution is -0.265. The highest BCUT2D eigenvalue weighted by Gasteiger charge is 2.44. The normalized spacial score (nSPS) is 46.5. The summed E-state index contributed by atoms with van der Waals surface area (Å²) < 4.78 is 18.4. The van der Waals surface area contributed by atoms with E-state index in [9.17, 15) is 24.9 Å². The molecule has 0 radical (unpaired) electrons. The highest BCUT2D eigenvalue weighted by atomic mass is 16.7. The van der Waals surface area contributed by atoms with E-state index >= 15 is 0 Å². The van der Waals surface area contributed by atoms with Crippen LogP contribution in [0, 0.1) is 35.5 Å². The molecule has 2 rings (SSSR count). The van der Waals surface area contributed by atoms with Crippen molar-refractivity contribution in [2.24, 2.45) is 35.5 Å². The Bertz CT molecular complexity index is 778. The van der Waals surface area contributed by atoms with Crippen LogP contribution in [-0.2, 0) is 23.8 Å². The van der Waals surface area contributed by atoms with Gasteiger partial charge in [0.05, 0.1) is 36.4 Å². The molecule has 2 saturated heterocycles. The summed E-state index contributed by atoms with van der Waals surface area (Å²) in [5, 5.41) is 33.0. The first-order valence-electron chi connectivity index (χ1n) is 14.4. The Labute approximate surface area is 229 Å². The van der Waals surface area contributed by atoms with Crippen molar-refractivity contribution < 1.29 is 39.1 Å². The highest BCUT2D eigenvalue weighted by Crippen LogP contribution is 2.34. The first kappa shape index (κ1) is 33.1. The molecule has 0 aromatic heterocycles. The maximum atomic E-state index is 13.5. The Morgan fingerprint density at radius 3 is 2.03 bits per heavy atom. The lowest BCUT2D eigenvalue weighted by Gasteiger charge is -2.44. The molecule has 14 atom stereocenters. The van der Waals surface area contributed by atoms with Crippen LogP contribution in [0.25, 0.3) is 0 Å². The molecule has 0 aromatic carbocycles. The monoisotopic (exact) mass is 543 g/mol. The van der Waals surface area contributed by atoms with Crippen molar-refractivity contribution in [1.82, 2.24) is 4.90 Å². The number of ketones is 1. The average molecular weight is 544 g/mol. The molecule has 38 heavy (non-hydrogen) atoms. The zero-order valence-electron chi connectivity index (χ0n) is 25.0. The van der Waals surface area contributed by atoms with Crippen molar-refractivity contribution in [3.8, 4) is 0 Å². The predicted molar refractivity (Wildman–Crippen MR) is 144 cm³/mol. The third-order valence-corrected chi connectivity index (χ3v) is 9.12. The summed E-state index contributed by atoms with van der Waals surface area (Å²) >= 11 is 0. The highest BCUT2D eigenvalue weighted by molar-refractivity contribution is 5.83. The van der Waals surface area contributed by atoms with E-state index in [1.807, 2.05) is 53.6 Å². The fourth-order valence-corrected chi connectivity index (χ4v) is 6.27. The quantitative estimate of drug-likeness (QED) is 0.459. The molecule has 2 aliphatic heterocycles. The summed E-state index contributed by atoms with van der Waals surface area (Å²) in [6.45, 7) is 14.5. The van der Waals surface area contributed by atoms with Gasteiger partial charge >= 0.3 is 5.97 Å². The summed E-state index contributed by atoms with van der Waals surface area (Å²) in [6, 6.07) is -0.190. The molecule has 9 heteroatoms. The van der Waals surface area contributed by atoms with Gasteiger partial charge in [0.15, 0.2) is 6.29 Å². The van der Waals surface area contributed by atoms with Crippen molar-refractivity contribution in [3.05, 3.63) is 0 Å². The number of nitrogens with zero attached hydrogens (tertiary/aromatic N) is 1. The molecule has 0 bridgehead atoms. The fraction of sp³-hybridized carbons (Fsp3) is 0.931. The lowest BCUT2D eigenvalue weighted by Crippen LogP contribution is -2.55. The Balaban J connectivity index is 2.42. The third kappa shape index (κ3) is 7.55. The smallest absolute Gasteiger partial charge is 0.311 e. The minimum absolute atomic E-state index is 0.0617. The molecule has 0 saturated carbocycles. The van der Waals surface area contributed by atoms with Gasteiger partial charge in [-0.15, -0.1) is 0 Å². The van der Waals surface area contributed by atoms with Gasteiger partial charge in [-0.3, -0.25) is 9.59 Å². The molecule has 0 aliphatic carbocycles. The summed E-state index contributed by atoms with van der Waals surface area (Å²) in [5.74, 6) is -3.40. The van der Waals surface area contributed by atoms with Gasteiger partial charge in [0, 0.05) is 36.1 Å². The largest absolute Gasteiger partial charge is 0.462 e. The Kier molecular flexibility index (Phi) is 12.2. The zero-order chi connectivity index (χ0) is 29.1. The number of rotatable bonds is 4. The van der Waals surface area contributed by atoms with Crippen LogP contribution in [0.1, 0.15) is 74.7 Å². The van der Waals surface area contributed by atoms with E-state index < -0.39 is 72.6 Å². The second-order valence-corrected chi connectivity index (χ2v) is 12.3. The topological polar surface area (TPSA) is 126 Å². The van der Waals surface area contributed by atoms with E-state index in [-0.39, 0.29) is 23.7 Å². The first-order valence-corrected chi connectivity index (χ1v) is 14.4. The number of aliphatic hydroxyl groups excluding tert-OH is 3. The molecular formula is C29H53NO8. The molecule has 3 unspecified atom stereocenters. The number of carbonyl (C=O) groups is 2. The second-order valence-electron chi connectivity index (χ2n) is 12.3. The van der Waals surface area contributed by atoms with Crippen molar-refractivity contribution >= 4 is 11.8 Å². The Morgan fingerprint density at radius 2 is 1.47 bits per heavy atom. The number of hydrogen-bond acceptors (Lipinski definition) is 9. The van der Waals surface area contributed by atoms with Crippen molar-refractivity contribution in [2.75, 3.05) is 14.1 Å². The number of aliphatic hydroxyl groups is 3. The van der Waals surface area contributed by atoms with E-state index in [1.165, 1.54) is 0 Å². The van der Waals surface area contributed by atoms with Crippen LogP contribution >= 0.6 is 0 Å². The minimum atomic E-state index is -0.960. The van der Waals surface area contributed by atoms with Crippen LogP contribution < -0.4 is 0 Å². The minimum Gasteiger partial charge on any atom is -0.462 e. The second kappa shape index (κ2) is 14.0. The summed E-state index contributed by atoms with van der Waals surface area (Å²) in [5.41, 5.74) is 0. The van der Waals surface area contributed by atoms with Crippen LogP contribution in [-0.4, -0.2) is 95.0 Å². The molecule has 2 aliphatic rings. The van der Waals surface area contributed by atoms with Gasteiger partial charge in [0.2, 0.25) is 0 Å². The lowest BCUT2D eigenvalue weighted by atomic mass is 9.77. The van der Waals surface area contributed by atoms with E-state index in [1.54, 1.807) is 20.8 Å². The van der Waals surface area contributed by atoms with Gasteiger partial charge in [0.1, 0.15) is 11.9 Å². The van der Waals surface area contributed by atoms with Crippen LogP contribution in [0.3, 0.4) is 0 Å². The standard InChI is InChI=1S/C29H53NO8/c1-11-22-16(4)26(33)17(5)24(31)14(2)12-15(3)25(32)18(6)28(19(7)29(35)37-22)38-23-13-21(30(9)10)27(34)20(8)36-23/h14-23,25-28,32-34H,11-13H2,1-10H3/t14-,15+,16+,17+,18-,19-,20?,21?,22?,23+,25+,26+,27-,28+/m1/s1. The van der Waals surface area contributed by atoms with E-state index in [4.69, 9.17) is 14.2 Å². The van der Waals surface area contributed by atoms with Gasteiger partial charge in [-0.1, -0.05) is 41.5 Å². The molecule has 9 nitrogen and oxygen atoms in total. The van der Waals surface area contributed by atoms with Crippen LogP contribution in [0.2, 0.25) is 0 Å². The molecule has 2 heterocycles. The maximum Gasteiger partial charge on any atom is 0.311 e. The molecule has 0 aromatic rings. The van der Waals surface area contributed by atoms with Gasteiger partial charge in [-0.25, -0.2) is 0 Å². The van der Waals surface area contributed by atoms with Crippen LogP contribution in [0.5, 0.6) is 0 Å². The summed E-state index contributed by atoms with van der Waals surface area (Å²) in [6.07, 6.45) is -3.63. The molecule has 3 N–H and O–H groups in total.